The molecular formula is C16H27NO4. The van der Waals surface area contributed by atoms with Crippen LogP contribution in [0.3, 0.4) is 0 Å². The molecule has 1 amide bonds. The third-order valence-corrected chi connectivity index (χ3v) is 3.84. The highest BCUT2D eigenvalue weighted by molar-refractivity contribution is 5.77. The monoisotopic (exact) mass is 297 g/mol. The summed E-state index contributed by atoms with van der Waals surface area (Å²) in [7, 11) is 0. The summed E-state index contributed by atoms with van der Waals surface area (Å²) < 4.78 is 5.35. The zero-order valence-electron chi connectivity index (χ0n) is 13.1. The summed E-state index contributed by atoms with van der Waals surface area (Å²) in [5.41, 5.74) is -0.182. The third kappa shape index (κ3) is 6.19. The van der Waals surface area contributed by atoms with Crippen molar-refractivity contribution in [3.8, 4) is 0 Å². The number of hydrogen-bond donors (Lipinski definition) is 1. The van der Waals surface area contributed by atoms with Crippen LogP contribution in [0.2, 0.25) is 0 Å². The average Bonchev–Trinajstić information content (AvgIpc) is 2.43. The summed E-state index contributed by atoms with van der Waals surface area (Å²) in [6.07, 6.45) is 6.97. The number of amides is 1. The van der Waals surface area contributed by atoms with Crippen molar-refractivity contribution in [2.24, 2.45) is 5.41 Å². The van der Waals surface area contributed by atoms with Gasteiger partial charge in [0, 0.05) is 11.5 Å². The van der Waals surface area contributed by atoms with Crippen LogP contribution in [-0.4, -0.2) is 41.3 Å². The van der Waals surface area contributed by atoms with Crippen LogP contribution >= 0.6 is 0 Å². The Bertz CT molecular complexity index is 372. The first kappa shape index (κ1) is 17.5. The van der Waals surface area contributed by atoms with Gasteiger partial charge in [-0.05, 0) is 19.3 Å². The minimum Gasteiger partial charge on any atom is -0.480 e. The number of hydrogen-bond acceptors (Lipinski definition) is 3. The molecule has 1 fully saturated rings. The molecule has 0 radical (unpaired) electrons. The number of nitrogens with zero attached hydrogens (tertiary/aromatic N) is 1. The number of aliphatic carboxylic acids is 1. The molecule has 1 aliphatic rings. The first-order valence-electron chi connectivity index (χ1n) is 7.62. The highest BCUT2D eigenvalue weighted by atomic mass is 16.6. The van der Waals surface area contributed by atoms with E-state index in [-0.39, 0.29) is 24.6 Å². The summed E-state index contributed by atoms with van der Waals surface area (Å²) >= 11 is 0. The third-order valence-electron chi connectivity index (χ3n) is 3.84. The number of carbonyl (C=O) groups is 2. The molecule has 0 aliphatic heterocycles. The number of carboxylic acids is 1. The minimum absolute atomic E-state index is 0.00938. The summed E-state index contributed by atoms with van der Waals surface area (Å²) in [4.78, 5) is 24.6. The van der Waals surface area contributed by atoms with Gasteiger partial charge in [-0.1, -0.05) is 39.2 Å². The molecule has 1 saturated carbocycles. The van der Waals surface area contributed by atoms with Gasteiger partial charge in [0.2, 0.25) is 0 Å². The van der Waals surface area contributed by atoms with Crippen LogP contribution in [0.1, 0.15) is 52.4 Å². The van der Waals surface area contributed by atoms with Gasteiger partial charge in [0.05, 0.1) is 6.61 Å². The van der Waals surface area contributed by atoms with Gasteiger partial charge in [-0.2, -0.15) is 0 Å². The smallest absolute Gasteiger partial charge is 0.410 e. The summed E-state index contributed by atoms with van der Waals surface area (Å²) in [5, 5.41) is 9.01. The Morgan fingerprint density at radius 2 is 1.95 bits per heavy atom. The molecule has 0 aromatic heterocycles. The maximum Gasteiger partial charge on any atom is 0.410 e. The average molecular weight is 297 g/mol. The van der Waals surface area contributed by atoms with Gasteiger partial charge in [0.15, 0.2) is 0 Å². The molecule has 0 heterocycles. The molecular weight excluding hydrogens is 270 g/mol. The van der Waals surface area contributed by atoms with E-state index >= 15 is 0 Å². The molecule has 1 N–H and O–H groups in total. The van der Waals surface area contributed by atoms with E-state index in [1.807, 2.05) is 13.8 Å². The lowest BCUT2D eigenvalue weighted by molar-refractivity contribution is -0.138. The minimum atomic E-state index is -0.997. The van der Waals surface area contributed by atoms with Gasteiger partial charge in [-0.3, -0.25) is 9.69 Å². The van der Waals surface area contributed by atoms with Crippen molar-refractivity contribution in [1.29, 1.82) is 0 Å². The predicted molar refractivity (Wildman–Crippen MR) is 81.2 cm³/mol. The van der Waals surface area contributed by atoms with Crippen molar-refractivity contribution in [3.63, 3.8) is 0 Å². The lowest BCUT2D eigenvalue weighted by atomic mass is 9.91. The molecule has 21 heavy (non-hydrogen) atoms. The normalized spacial score (nSPS) is 16.3. The standard InChI is InChI=1S/C16H27NO4/c1-4-10-16(2,3)12-21-15(20)17(11-14(18)19)13-8-6-5-7-9-13/h4,13H,1,5-12H2,2-3H3,(H,18,19). The molecule has 0 bridgehead atoms. The van der Waals surface area contributed by atoms with Crippen LogP contribution in [0.4, 0.5) is 4.79 Å². The van der Waals surface area contributed by atoms with Crippen molar-refractivity contribution in [2.75, 3.05) is 13.2 Å². The molecule has 0 spiro atoms. The van der Waals surface area contributed by atoms with Crippen molar-refractivity contribution in [2.45, 2.75) is 58.4 Å². The topological polar surface area (TPSA) is 66.8 Å². The fourth-order valence-electron chi connectivity index (χ4n) is 2.67. The Balaban J connectivity index is 2.62. The van der Waals surface area contributed by atoms with E-state index in [1.54, 1.807) is 6.08 Å². The molecule has 0 unspecified atom stereocenters. The number of allylic oxidation sites excluding steroid dienone is 1. The largest absolute Gasteiger partial charge is 0.480 e. The van der Waals surface area contributed by atoms with E-state index in [9.17, 15) is 9.59 Å². The number of carboxylic acid groups (broad SMARTS) is 1. The van der Waals surface area contributed by atoms with Gasteiger partial charge in [-0.15, -0.1) is 6.58 Å². The Morgan fingerprint density at radius 1 is 1.33 bits per heavy atom. The number of ether oxygens (including phenoxy) is 1. The zero-order valence-corrected chi connectivity index (χ0v) is 13.1. The SMILES string of the molecule is C=CCC(C)(C)COC(=O)N(CC(=O)O)C1CCCCC1. The lowest BCUT2D eigenvalue weighted by Gasteiger charge is -2.33. The van der Waals surface area contributed by atoms with Crippen LogP contribution in [0.25, 0.3) is 0 Å². The molecule has 5 heteroatoms. The van der Waals surface area contributed by atoms with Crippen LogP contribution in [-0.2, 0) is 9.53 Å². The van der Waals surface area contributed by atoms with Crippen molar-refractivity contribution >= 4 is 12.1 Å². The molecule has 5 nitrogen and oxygen atoms in total. The van der Waals surface area contributed by atoms with E-state index < -0.39 is 12.1 Å². The van der Waals surface area contributed by atoms with Gasteiger partial charge >= 0.3 is 12.1 Å². The fourth-order valence-corrected chi connectivity index (χ4v) is 2.67. The lowest BCUT2D eigenvalue weighted by Crippen LogP contribution is -2.45. The molecule has 120 valence electrons. The Labute approximate surface area is 127 Å². The summed E-state index contributed by atoms with van der Waals surface area (Å²) in [5.74, 6) is -0.997. The van der Waals surface area contributed by atoms with Crippen LogP contribution in [0.5, 0.6) is 0 Å². The Morgan fingerprint density at radius 3 is 2.48 bits per heavy atom. The maximum absolute atomic E-state index is 12.2. The van der Waals surface area contributed by atoms with Crippen LogP contribution in [0.15, 0.2) is 12.7 Å². The van der Waals surface area contributed by atoms with E-state index in [4.69, 9.17) is 9.84 Å². The first-order valence-corrected chi connectivity index (χ1v) is 7.62. The Hall–Kier alpha value is -1.52. The van der Waals surface area contributed by atoms with Crippen molar-refractivity contribution in [1.82, 2.24) is 4.90 Å². The quantitative estimate of drug-likeness (QED) is 0.731. The molecule has 0 atom stereocenters. The second kappa shape index (κ2) is 8.05. The fraction of sp³-hybridized carbons (Fsp3) is 0.750. The molecule has 1 rings (SSSR count). The molecule has 0 aromatic rings. The molecule has 0 saturated heterocycles. The predicted octanol–water partition coefficient (Wildman–Crippen LogP) is 3.44. The van der Waals surface area contributed by atoms with Crippen molar-refractivity contribution in [3.05, 3.63) is 12.7 Å². The number of carbonyl (C=O) groups excluding carboxylic acids is 1. The highest BCUT2D eigenvalue weighted by Crippen LogP contribution is 2.25. The molecule has 0 aromatic carbocycles. The second-order valence-corrected chi connectivity index (χ2v) is 6.53. The maximum atomic E-state index is 12.2. The van der Waals surface area contributed by atoms with Crippen LogP contribution < -0.4 is 0 Å². The van der Waals surface area contributed by atoms with Gasteiger partial charge in [0.1, 0.15) is 6.54 Å². The summed E-state index contributed by atoms with van der Waals surface area (Å²) in [6.45, 7) is 7.65. The second-order valence-electron chi connectivity index (χ2n) is 6.53. The van der Waals surface area contributed by atoms with E-state index in [0.717, 1.165) is 38.5 Å². The highest BCUT2D eigenvalue weighted by Gasteiger charge is 2.29. The van der Waals surface area contributed by atoms with Gasteiger partial charge in [0.25, 0.3) is 0 Å². The van der Waals surface area contributed by atoms with E-state index in [0.29, 0.717) is 0 Å². The van der Waals surface area contributed by atoms with Crippen LogP contribution in [0, 0.1) is 5.41 Å². The summed E-state index contributed by atoms with van der Waals surface area (Å²) in [6, 6.07) is -0.00938. The van der Waals surface area contributed by atoms with Gasteiger partial charge < -0.3 is 9.84 Å². The molecule has 1 aliphatic carbocycles. The van der Waals surface area contributed by atoms with E-state index in [1.165, 1.54) is 4.90 Å². The van der Waals surface area contributed by atoms with Crippen molar-refractivity contribution < 1.29 is 19.4 Å². The van der Waals surface area contributed by atoms with Gasteiger partial charge in [-0.25, -0.2) is 4.79 Å². The zero-order chi connectivity index (χ0) is 15.9. The Kier molecular flexibility index (Phi) is 6.72. The first-order chi connectivity index (χ1) is 9.85. The number of rotatable bonds is 7. The van der Waals surface area contributed by atoms with E-state index in [2.05, 4.69) is 6.58 Å².